The highest BCUT2D eigenvalue weighted by atomic mass is 35.5. The van der Waals surface area contributed by atoms with E-state index >= 15 is 0 Å². The van der Waals surface area contributed by atoms with E-state index in [0.29, 0.717) is 10.8 Å². The number of nitrogen functional groups attached to an aromatic ring is 1. The van der Waals surface area contributed by atoms with E-state index in [1.54, 1.807) is 0 Å². The molecule has 1 heterocycles. The molecule has 4 nitrogen and oxygen atoms in total. The quantitative estimate of drug-likeness (QED) is 0.821. The number of nitrogens with zero attached hydrogens (tertiary/aromatic N) is 3. The Bertz CT molecular complexity index is 365. The van der Waals surface area contributed by atoms with Gasteiger partial charge in [-0.05, 0) is 25.7 Å². The summed E-state index contributed by atoms with van der Waals surface area (Å²) in [7, 11) is 0. The molecule has 0 saturated heterocycles. The summed E-state index contributed by atoms with van der Waals surface area (Å²) in [5.74, 6) is 1.56. The second-order valence-electron chi connectivity index (χ2n) is 4.24. The van der Waals surface area contributed by atoms with Crippen molar-refractivity contribution in [3.8, 4) is 0 Å². The van der Waals surface area contributed by atoms with E-state index in [2.05, 4.69) is 21.8 Å². The second kappa shape index (κ2) is 4.87. The smallest absolute Gasteiger partial charge is 0.157 e. The first-order valence-corrected chi connectivity index (χ1v) is 6.11. The monoisotopic (exact) mass is 240 g/mol. The zero-order valence-electron chi connectivity index (χ0n) is 9.49. The third-order valence-corrected chi connectivity index (χ3v) is 3.50. The van der Waals surface area contributed by atoms with Crippen LogP contribution in [-0.2, 0) is 0 Å². The molecule has 0 unspecified atom stereocenters. The van der Waals surface area contributed by atoms with Gasteiger partial charge in [0.25, 0.3) is 0 Å². The van der Waals surface area contributed by atoms with Crippen LogP contribution in [0, 0.1) is 5.92 Å². The number of nitrogens with two attached hydrogens (primary N) is 1. The van der Waals surface area contributed by atoms with E-state index in [-0.39, 0.29) is 0 Å². The zero-order chi connectivity index (χ0) is 11.5. The second-order valence-corrected chi connectivity index (χ2v) is 4.60. The summed E-state index contributed by atoms with van der Waals surface area (Å²) in [4.78, 5) is 10.3. The number of halogens is 1. The van der Waals surface area contributed by atoms with Crippen LogP contribution >= 0.6 is 11.6 Å². The van der Waals surface area contributed by atoms with Gasteiger partial charge in [0.05, 0.1) is 0 Å². The maximum Gasteiger partial charge on any atom is 0.157 e. The standard InChI is InChI=1S/C11H17ClN4/c1-2-16(6-8-4-3-5-8)11-9(13)10(12)14-7-15-11/h7-8H,2-6,13H2,1H3. The Morgan fingerprint density at radius 2 is 2.25 bits per heavy atom. The van der Waals surface area contributed by atoms with Gasteiger partial charge in [-0.15, -0.1) is 0 Å². The molecule has 0 bridgehead atoms. The lowest BCUT2D eigenvalue weighted by molar-refractivity contribution is 0.318. The van der Waals surface area contributed by atoms with Crippen molar-refractivity contribution < 1.29 is 0 Å². The van der Waals surface area contributed by atoms with Crippen molar-refractivity contribution in [2.45, 2.75) is 26.2 Å². The van der Waals surface area contributed by atoms with E-state index in [1.165, 1.54) is 25.6 Å². The minimum Gasteiger partial charge on any atom is -0.393 e. The molecule has 5 heteroatoms. The third kappa shape index (κ3) is 2.21. The molecule has 0 spiro atoms. The van der Waals surface area contributed by atoms with Gasteiger partial charge in [0.15, 0.2) is 11.0 Å². The van der Waals surface area contributed by atoms with Crippen LogP contribution in [-0.4, -0.2) is 23.1 Å². The molecule has 0 atom stereocenters. The van der Waals surface area contributed by atoms with Crippen LogP contribution in [0.1, 0.15) is 26.2 Å². The highest BCUT2D eigenvalue weighted by molar-refractivity contribution is 6.32. The van der Waals surface area contributed by atoms with Crippen molar-refractivity contribution in [2.24, 2.45) is 5.92 Å². The van der Waals surface area contributed by atoms with Crippen LogP contribution in [0.25, 0.3) is 0 Å². The van der Waals surface area contributed by atoms with Gasteiger partial charge in [0.1, 0.15) is 12.0 Å². The highest BCUT2D eigenvalue weighted by Crippen LogP contribution is 2.31. The fourth-order valence-corrected chi connectivity index (χ4v) is 2.10. The van der Waals surface area contributed by atoms with E-state index in [1.807, 2.05) is 0 Å². The number of aromatic nitrogens is 2. The minimum atomic E-state index is 0.344. The van der Waals surface area contributed by atoms with Gasteiger partial charge in [-0.3, -0.25) is 0 Å². The van der Waals surface area contributed by atoms with Gasteiger partial charge >= 0.3 is 0 Å². The summed E-state index contributed by atoms with van der Waals surface area (Å²) in [6.07, 6.45) is 5.45. The first-order chi connectivity index (χ1) is 7.72. The van der Waals surface area contributed by atoms with Gasteiger partial charge in [-0.1, -0.05) is 18.0 Å². The maximum absolute atomic E-state index is 5.90. The van der Waals surface area contributed by atoms with Gasteiger partial charge in [-0.25, -0.2) is 9.97 Å². The summed E-state index contributed by atoms with van der Waals surface area (Å²) in [6, 6.07) is 0. The van der Waals surface area contributed by atoms with E-state index in [9.17, 15) is 0 Å². The summed E-state index contributed by atoms with van der Waals surface area (Å²) >= 11 is 5.90. The largest absolute Gasteiger partial charge is 0.393 e. The van der Waals surface area contributed by atoms with Crippen LogP contribution in [0.5, 0.6) is 0 Å². The van der Waals surface area contributed by atoms with Gasteiger partial charge in [-0.2, -0.15) is 0 Å². The SMILES string of the molecule is CCN(CC1CCC1)c1ncnc(Cl)c1N. The van der Waals surface area contributed by atoms with Crippen molar-refractivity contribution >= 4 is 23.1 Å². The Morgan fingerprint density at radius 3 is 2.81 bits per heavy atom. The molecule has 0 aromatic carbocycles. The summed E-state index contributed by atoms with van der Waals surface area (Å²) < 4.78 is 0. The first kappa shape index (κ1) is 11.5. The zero-order valence-corrected chi connectivity index (χ0v) is 10.2. The Labute approximate surface area is 101 Å². The van der Waals surface area contributed by atoms with Crippen molar-refractivity contribution in [1.82, 2.24) is 9.97 Å². The summed E-state index contributed by atoms with van der Waals surface area (Å²) in [5, 5.41) is 0.344. The van der Waals surface area contributed by atoms with Crippen molar-refractivity contribution in [3.63, 3.8) is 0 Å². The third-order valence-electron chi connectivity index (χ3n) is 3.20. The van der Waals surface area contributed by atoms with Crippen molar-refractivity contribution in [3.05, 3.63) is 11.5 Å². The van der Waals surface area contributed by atoms with Crippen molar-refractivity contribution in [1.29, 1.82) is 0 Å². The van der Waals surface area contributed by atoms with Crippen LogP contribution < -0.4 is 10.6 Å². The number of anilines is 2. The lowest BCUT2D eigenvalue weighted by Gasteiger charge is -2.32. The van der Waals surface area contributed by atoms with Crippen LogP contribution in [0.4, 0.5) is 11.5 Å². The van der Waals surface area contributed by atoms with E-state index in [4.69, 9.17) is 17.3 Å². The maximum atomic E-state index is 5.90. The number of hydrogen-bond donors (Lipinski definition) is 1. The molecule has 1 aliphatic rings. The molecular weight excluding hydrogens is 224 g/mol. The molecule has 1 aliphatic carbocycles. The average molecular weight is 241 g/mol. The fraction of sp³-hybridized carbons (Fsp3) is 0.636. The molecule has 2 N–H and O–H groups in total. The number of rotatable bonds is 4. The minimum absolute atomic E-state index is 0.344. The molecule has 0 aliphatic heterocycles. The molecule has 1 fully saturated rings. The number of hydrogen-bond acceptors (Lipinski definition) is 4. The Kier molecular flexibility index (Phi) is 3.49. The molecule has 0 amide bonds. The van der Waals surface area contributed by atoms with Gasteiger partial charge < -0.3 is 10.6 Å². The topological polar surface area (TPSA) is 55.0 Å². The Balaban J connectivity index is 2.15. The molecule has 16 heavy (non-hydrogen) atoms. The Morgan fingerprint density at radius 1 is 1.50 bits per heavy atom. The van der Waals surface area contributed by atoms with Crippen LogP contribution in [0.2, 0.25) is 5.15 Å². The first-order valence-electron chi connectivity index (χ1n) is 5.73. The molecule has 88 valence electrons. The summed E-state index contributed by atoms with van der Waals surface area (Å²) in [6.45, 7) is 4.02. The van der Waals surface area contributed by atoms with Crippen molar-refractivity contribution in [2.75, 3.05) is 23.7 Å². The molecule has 0 radical (unpaired) electrons. The predicted octanol–water partition coefficient (Wildman–Crippen LogP) is 2.34. The van der Waals surface area contributed by atoms with E-state index < -0.39 is 0 Å². The summed E-state index contributed by atoms with van der Waals surface area (Å²) in [5.41, 5.74) is 6.39. The normalized spacial score (nSPS) is 15.9. The van der Waals surface area contributed by atoms with Crippen LogP contribution in [0.15, 0.2) is 6.33 Å². The van der Waals surface area contributed by atoms with Gasteiger partial charge in [0.2, 0.25) is 0 Å². The molecular formula is C11H17ClN4. The van der Waals surface area contributed by atoms with Gasteiger partial charge in [0, 0.05) is 13.1 Å². The van der Waals surface area contributed by atoms with Crippen LogP contribution in [0.3, 0.4) is 0 Å². The molecule has 1 aromatic heterocycles. The molecule has 1 saturated carbocycles. The lowest BCUT2D eigenvalue weighted by atomic mass is 9.85. The lowest BCUT2D eigenvalue weighted by Crippen LogP contribution is -2.33. The predicted molar refractivity (Wildman–Crippen MR) is 66.7 cm³/mol. The van der Waals surface area contributed by atoms with E-state index in [0.717, 1.165) is 24.8 Å². The average Bonchev–Trinajstić information content (AvgIpc) is 2.22. The Hall–Kier alpha value is -1.03. The molecule has 1 aromatic rings. The highest BCUT2D eigenvalue weighted by Gasteiger charge is 2.22. The molecule has 2 rings (SSSR count). The fourth-order valence-electron chi connectivity index (χ4n) is 1.97.